The third-order valence-corrected chi connectivity index (χ3v) is 0. The third-order valence-electron chi connectivity index (χ3n) is 0. The normalized spacial score (nSPS) is 1.25. The van der Waals surface area contributed by atoms with Crippen LogP contribution in [0.5, 0.6) is 0 Å². The second-order valence-corrected chi connectivity index (χ2v) is 0.0833. The zero-order chi connectivity index (χ0) is 4.71. The van der Waals surface area contributed by atoms with Crippen molar-refractivity contribution < 1.29 is 31.3 Å². The summed E-state index contributed by atoms with van der Waals surface area (Å²) in [5, 5.41) is 0. The van der Waals surface area contributed by atoms with Crippen LogP contribution in [0.1, 0.15) is 14.9 Å². The molecule has 0 aromatic heterocycles. The fourth-order valence-electron chi connectivity index (χ4n) is 0. The van der Waals surface area contributed by atoms with Gasteiger partial charge in [-0.2, -0.15) is 9.59 Å². The van der Waals surface area contributed by atoms with E-state index in [4.69, 9.17) is 14.2 Å². The van der Waals surface area contributed by atoms with Crippen LogP contribution in [0.25, 0.3) is 0 Å². The van der Waals surface area contributed by atoms with E-state index in [0.29, 0.717) is 0 Å². The molecule has 0 N–H and O–H groups in total. The van der Waals surface area contributed by atoms with Crippen LogP contribution in [-0.4, -0.2) is 6.15 Å². The summed E-state index contributed by atoms with van der Waals surface area (Å²) in [6.45, 7) is 4.50. The average molecular weight is 168 g/mol. The molecule has 0 spiro atoms. The predicted molar refractivity (Wildman–Crippen MR) is 22.4 cm³/mol. The van der Waals surface area contributed by atoms with E-state index in [-0.39, 0.29) is 38.1 Å². The van der Waals surface area contributed by atoms with Gasteiger partial charge in [0, 0.05) is 17.1 Å². The van der Waals surface area contributed by atoms with Gasteiger partial charge in [-0.1, -0.05) is 14.9 Å². The van der Waals surface area contributed by atoms with E-state index in [2.05, 4.69) is 6.65 Å². The molecule has 0 heterocycles. The molecule has 0 aromatic carbocycles. The van der Waals surface area contributed by atoms with E-state index < -0.39 is 0 Å². The molecule has 8 heavy (non-hydrogen) atoms. The molecule has 0 aliphatic heterocycles. The van der Waals surface area contributed by atoms with Crippen molar-refractivity contribution in [2.45, 2.75) is 14.9 Å². The maximum Gasteiger partial charge on any atom is 0 e. The van der Waals surface area contributed by atoms with Gasteiger partial charge in [0.15, 0.2) is 0 Å². The van der Waals surface area contributed by atoms with Crippen LogP contribution in [0.15, 0.2) is 0 Å². The van der Waals surface area contributed by atoms with E-state index in [1.54, 1.807) is 0 Å². The minimum absolute atomic E-state index is 0. The first kappa shape index (κ1) is 48.3. The Hall–Kier alpha value is -0.361. The Bertz CT molecular complexity index is 53.5. The average Bonchev–Trinajstić information content (AvgIpc) is 1.46. The summed E-state index contributed by atoms with van der Waals surface area (Å²) in [5.41, 5.74) is 0. The van der Waals surface area contributed by atoms with Crippen molar-refractivity contribution in [1.29, 1.82) is 0 Å². The van der Waals surface area contributed by atoms with Crippen LogP contribution in [0.3, 0.4) is 0 Å². The van der Waals surface area contributed by atoms with Gasteiger partial charge in [-0.15, -0.1) is 0 Å². The fourth-order valence-corrected chi connectivity index (χ4v) is 0. The molecule has 0 saturated carbocycles. The molecule has 0 bridgehead atoms. The molecule has 1 radical (unpaired) electrons. The Labute approximate surface area is 59.7 Å². The van der Waals surface area contributed by atoms with Gasteiger partial charge in [-0.25, -0.2) is 0 Å². The molecule has 3 nitrogen and oxygen atoms in total. The van der Waals surface area contributed by atoms with Crippen molar-refractivity contribution in [2.75, 3.05) is 0 Å². The molecule has 53 valence electrons. The van der Waals surface area contributed by atoms with Crippen molar-refractivity contribution >= 4 is 6.15 Å². The predicted octanol–water partition coefficient (Wildman–Crippen LogP) is 0.649. The number of rotatable bonds is 0. The summed E-state index contributed by atoms with van der Waals surface area (Å²) in [7, 11) is 0. The molecule has 0 saturated heterocycles. The summed E-state index contributed by atoms with van der Waals surface area (Å²) in [6.07, 6.45) is 0.250. The number of hydrogen-bond donors (Lipinski definition) is 0. The second-order valence-electron chi connectivity index (χ2n) is 0.0833. The Morgan fingerprint density at radius 3 is 1.12 bits per heavy atom. The molecule has 4 heteroatoms. The first-order chi connectivity index (χ1) is 2.41. The molecule has 0 amide bonds. The van der Waals surface area contributed by atoms with Crippen LogP contribution in [-0.2, 0) is 31.3 Å². The molecule has 0 aliphatic rings. The van der Waals surface area contributed by atoms with Crippen LogP contribution in [0, 0.1) is 6.65 Å². The minimum atomic E-state index is 0. The van der Waals surface area contributed by atoms with Crippen molar-refractivity contribution in [3.63, 3.8) is 0 Å². The Balaban J connectivity index is -0.00000000567. The molecule has 0 atom stereocenters. The topological polar surface area (TPSA) is 54.0 Å². The smallest absolute Gasteiger partial charge is 0 e. The van der Waals surface area contributed by atoms with Gasteiger partial charge in [-0.3, -0.25) is 0 Å². The first-order valence-electron chi connectivity index (χ1n) is 0.612. The van der Waals surface area contributed by atoms with Crippen molar-refractivity contribution in [3.8, 4) is 0 Å². The summed E-state index contributed by atoms with van der Waals surface area (Å²) in [4.78, 5) is 16.2. The number of carbonyl (C=O) groups excluding carboxylic acids is 2. The molecular formula is C4H8CuO3. The largest absolute Gasteiger partial charge is 0 e. The molecule has 0 rings (SSSR count). The Morgan fingerprint density at radius 1 is 1.12 bits per heavy atom. The third kappa shape index (κ3) is 934. The maximum atomic E-state index is 8.12. The standard InChI is InChI=1S/CO2.CO.2CH4.Cu/c2-1-3;1-2;;;/h;;2*1H4;. The Kier molecular flexibility index (Phi) is 3120. The summed E-state index contributed by atoms with van der Waals surface area (Å²) in [5.74, 6) is 0. The van der Waals surface area contributed by atoms with Crippen molar-refractivity contribution in [1.82, 2.24) is 0 Å². The summed E-state index contributed by atoms with van der Waals surface area (Å²) >= 11 is 0. The van der Waals surface area contributed by atoms with E-state index in [1.165, 1.54) is 0 Å². The zero-order valence-electron chi connectivity index (χ0n) is 2.53. The van der Waals surface area contributed by atoms with Gasteiger partial charge >= 0.3 is 17.5 Å². The van der Waals surface area contributed by atoms with Gasteiger partial charge in [0.1, 0.15) is 0 Å². The molecular weight excluding hydrogens is 160 g/mol. The fraction of sp³-hybridized carbons (Fsp3) is 0.500. The number of hydrogen-bond acceptors (Lipinski definition) is 2. The minimum Gasteiger partial charge on any atom is 0 e. The molecule has 0 fully saturated rings. The molecule has 0 unspecified atom stereocenters. The molecule has 0 aromatic rings. The summed E-state index contributed by atoms with van der Waals surface area (Å²) in [6, 6.07) is 0. The second kappa shape index (κ2) is 516. The Morgan fingerprint density at radius 2 is 1.12 bits per heavy atom. The maximum absolute atomic E-state index is 8.12. The van der Waals surface area contributed by atoms with E-state index in [1.807, 2.05) is 0 Å². The summed E-state index contributed by atoms with van der Waals surface area (Å²) < 4.78 is 7.50. The van der Waals surface area contributed by atoms with Gasteiger partial charge in [0.2, 0.25) is 0 Å². The quantitative estimate of drug-likeness (QED) is 0.302. The molecule has 0 aliphatic carbocycles. The first-order valence-corrected chi connectivity index (χ1v) is 0.612. The van der Waals surface area contributed by atoms with E-state index >= 15 is 0 Å². The van der Waals surface area contributed by atoms with Crippen LogP contribution in [0.2, 0.25) is 0 Å². The van der Waals surface area contributed by atoms with Crippen LogP contribution < -0.4 is 0 Å². The van der Waals surface area contributed by atoms with E-state index in [9.17, 15) is 0 Å². The van der Waals surface area contributed by atoms with Crippen LogP contribution in [0.4, 0.5) is 0 Å². The van der Waals surface area contributed by atoms with Gasteiger partial charge in [-0.05, 0) is 0 Å². The van der Waals surface area contributed by atoms with Crippen LogP contribution >= 0.6 is 0 Å². The van der Waals surface area contributed by atoms with Crippen molar-refractivity contribution in [2.24, 2.45) is 0 Å². The van der Waals surface area contributed by atoms with Crippen molar-refractivity contribution in [3.05, 3.63) is 6.65 Å². The SMILES string of the molecule is C.C.O=C=O.[C-]#[O+].[Cu]. The van der Waals surface area contributed by atoms with E-state index in [0.717, 1.165) is 0 Å². The van der Waals surface area contributed by atoms with Gasteiger partial charge in [0.05, 0.1) is 0 Å². The monoisotopic (exact) mass is 167 g/mol. The van der Waals surface area contributed by atoms with Gasteiger partial charge in [0.25, 0.3) is 0 Å². The zero-order valence-corrected chi connectivity index (χ0v) is 3.47. The van der Waals surface area contributed by atoms with Gasteiger partial charge < -0.3 is 0 Å².